The van der Waals surface area contributed by atoms with Crippen molar-refractivity contribution in [2.45, 2.75) is 31.2 Å². The van der Waals surface area contributed by atoms with Crippen LogP contribution in [0.2, 0.25) is 0 Å². The number of thiophene rings is 1. The van der Waals surface area contributed by atoms with E-state index in [-0.39, 0.29) is 18.1 Å². The highest BCUT2D eigenvalue weighted by atomic mass is 32.1. The van der Waals surface area contributed by atoms with Crippen molar-refractivity contribution in [3.8, 4) is 0 Å². The maximum absolute atomic E-state index is 12.2. The number of amides is 1. The van der Waals surface area contributed by atoms with Crippen molar-refractivity contribution in [3.05, 3.63) is 41.0 Å². The number of piperidine rings is 1. The third-order valence-corrected chi connectivity index (χ3v) is 5.71. The summed E-state index contributed by atoms with van der Waals surface area (Å²) in [6.07, 6.45) is -1.47. The van der Waals surface area contributed by atoms with Gasteiger partial charge in [0.25, 0.3) is 5.91 Å². The summed E-state index contributed by atoms with van der Waals surface area (Å²) >= 11 is 1.62. The summed E-state index contributed by atoms with van der Waals surface area (Å²) in [5.41, 5.74) is 0.802. The van der Waals surface area contributed by atoms with E-state index in [0.717, 1.165) is 43.9 Å². The first-order chi connectivity index (χ1) is 14.2. The minimum absolute atomic E-state index is 0.0621. The number of furan rings is 1. The SMILES string of the molecule is O=C(O)C(F)(F)F.O=C1COC2(CCN(Cc3ccco3)CC2)CN1c1ccsc1. The number of carboxylic acid groups (broad SMARTS) is 1. The molecule has 1 N–H and O–H groups in total. The fourth-order valence-electron chi connectivity index (χ4n) is 3.40. The molecule has 4 heterocycles. The fraction of sp³-hybridized carbons (Fsp3) is 0.474. The molecule has 2 saturated heterocycles. The van der Waals surface area contributed by atoms with Crippen LogP contribution in [0.5, 0.6) is 0 Å². The number of alkyl halides is 3. The summed E-state index contributed by atoms with van der Waals surface area (Å²) in [6.45, 7) is 3.63. The second-order valence-electron chi connectivity index (χ2n) is 7.09. The number of halogens is 3. The van der Waals surface area contributed by atoms with Crippen LogP contribution in [-0.2, 0) is 20.9 Å². The number of rotatable bonds is 3. The number of hydrogen-bond donors (Lipinski definition) is 1. The Labute approximate surface area is 174 Å². The molecule has 2 aromatic heterocycles. The van der Waals surface area contributed by atoms with E-state index in [1.165, 1.54) is 0 Å². The Hall–Kier alpha value is -2.37. The predicted octanol–water partition coefficient (Wildman–Crippen LogP) is 3.37. The van der Waals surface area contributed by atoms with E-state index in [0.29, 0.717) is 6.54 Å². The molecule has 0 unspecified atom stereocenters. The van der Waals surface area contributed by atoms with Gasteiger partial charge in [-0.2, -0.15) is 24.5 Å². The molecule has 4 rings (SSSR count). The van der Waals surface area contributed by atoms with Gasteiger partial charge in [0, 0.05) is 18.5 Å². The Morgan fingerprint density at radius 2 is 1.97 bits per heavy atom. The monoisotopic (exact) mass is 446 g/mol. The molecule has 0 aliphatic carbocycles. The van der Waals surface area contributed by atoms with Gasteiger partial charge in [-0.15, -0.1) is 0 Å². The second kappa shape index (κ2) is 9.19. The minimum atomic E-state index is -5.08. The van der Waals surface area contributed by atoms with Gasteiger partial charge in [0.1, 0.15) is 12.4 Å². The van der Waals surface area contributed by atoms with Gasteiger partial charge >= 0.3 is 12.1 Å². The van der Waals surface area contributed by atoms with Crippen molar-refractivity contribution in [2.24, 2.45) is 0 Å². The largest absolute Gasteiger partial charge is 0.490 e. The third kappa shape index (κ3) is 5.61. The number of hydrogen-bond acceptors (Lipinski definition) is 6. The maximum atomic E-state index is 12.2. The Morgan fingerprint density at radius 1 is 1.27 bits per heavy atom. The molecule has 2 aromatic rings. The summed E-state index contributed by atoms with van der Waals surface area (Å²) < 4.78 is 43.2. The van der Waals surface area contributed by atoms with Gasteiger partial charge in [-0.3, -0.25) is 9.69 Å². The molecule has 2 aliphatic heterocycles. The van der Waals surface area contributed by atoms with Crippen molar-refractivity contribution in [2.75, 3.05) is 31.1 Å². The Morgan fingerprint density at radius 3 is 2.50 bits per heavy atom. The lowest BCUT2D eigenvalue weighted by Crippen LogP contribution is -2.58. The van der Waals surface area contributed by atoms with Crippen LogP contribution in [0.3, 0.4) is 0 Å². The zero-order valence-corrected chi connectivity index (χ0v) is 16.7. The number of nitrogens with zero attached hydrogens (tertiary/aromatic N) is 2. The van der Waals surface area contributed by atoms with Crippen LogP contribution in [0.25, 0.3) is 0 Å². The van der Waals surface area contributed by atoms with Gasteiger partial charge in [-0.05, 0) is 36.4 Å². The first-order valence-electron chi connectivity index (χ1n) is 9.20. The van der Waals surface area contributed by atoms with Crippen molar-refractivity contribution >= 4 is 28.9 Å². The van der Waals surface area contributed by atoms with Crippen LogP contribution >= 0.6 is 11.3 Å². The van der Waals surface area contributed by atoms with E-state index in [1.54, 1.807) is 17.6 Å². The summed E-state index contributed by atoms with van der Waals surface area (Å²) in [5.74, 6) is -1.69. The van der Waals surface area contributed by atoms with Crippen LogP contribution < -0.4 is 4.90 Å². The van der Waals surface area contributed by atoms with Crippen molar-refractivity contribution in [1.29, 1.82) is 0 Å². The second-order valence-corrected chi connectivity index (χ2v) is 7.87. The summed E-state index contributed by atoms with van der Waals surface area (Å²) in [5, 5.41) is 11.2. The highest BCUT2D eigenvalue weighted by Crippen LogP contribution is 2.33. The number of aliphatic carboxylic acids is 1. The fourth-order valence-corrected chi connectivity index (χ4v) is 4.05. The average Bonchev–Trinajstić information content (AvgIpc) is 3.40. The molecule has 1 spiro atoms. The molecule has 30 heavy (non-hydrogen) atoms. The van der Waals surface area contributed by atoms with Gasteiger partial charge in [0.2, 0.25) is 0 Å². The maximum Gasteiger partial charge on any atom is 0.490 e. The van der Waals surface area contributed by atoms with Gasteiger partial charge in [-0.25, -0.2) is 4.79 Å². The van der Waals surface area contributed by atoms with Gasteiger partial charge in [0.05, 0.1) is 30.6 Å². The molecular formula is C19H21F3N2O5S. The van der Waals surface area contributed by atoms with E-state index < -0.39 is 12.1 Å². The molecule has 7 nitrogen and oxygen atoms in total. The zero-order valence-electron chi connectivity index (χ0n) is 15.9. The van der Waals surface area contributed by atoms with Crippen LogP contribution in [-0.4, -0.2) is 59.9 Å². The van der Waals surface area contributed by atoms with Crippen LogP contribution in [0, 0.1) is 0 Å². The van der Waals surface area contributed by atoms with Crippen molar-refractivity contribution < 1.29 is 37.0 Å². The first kappa shape index (κ1) is 22.3. The lowest BCUT2D eigenvalue weighted by molar-refractivity contribution is -0.192. The molecule has 0 bridgehead atoms. The Kier molecular flexibility index (Phi) is 6.84. The number of anilines is 1. The number of ether oxygens (including phenoxy) is 1. The lowest BCUT2D eigenvalue weighted by atomic mass is 9.89. The van der Waals surface area contributed by atoms with E-state index in [4.69, 9.17) is 19.1 Å². The third-order valence-electron chi connectivity index (χ3n) is 5.04. The van der Waals surface area contributed by atoms with Gasteiger partial charge in [-0.1, -0.05) is 0 Å². The van der Waals surface area contributed by atoms with E-state index in [1.807, 2.05) is 33.9 Å². The molecule has 11 heteroatoms. The minimum Gasteiger partial charge on any atom is -0.475 e. The van der Waals surface area contributed by atoms with Crippen molar-refractivity contribution in [1.82, 2.24) is 4.90 Å². The Balaban J connectivity index is 0.000000318. The van der Waals surface area contributed by atoms with E-state index in [9.17, 15) is 18.0 Å². The molecule has 164 valence electrons. The predicted molar refractivity (Wildman–Crippen MR) is 102 cm³/mol. The highest BCUT2D eigenvalue weighted by molar-refractivity contribution is 7.08. The number of carboxylic acids is 1. The normalized spacial score (nSPS) is 19.4. The molecule has 1 amide bonds. The smallest absolute Gasteiger partial charge is 0.475 e. The summed E-state index contributed by atoms with van der Waals surface area (Å²) in [4.78, 5) is 25.4. The Bertz CT molecular complexity index is 831. The number of likely N-dealkylation sites (tertiary alicyclic amines) is 1. The van der Waals surface area contributed by atoms with Crippen LogP contribution in [0.1, 0.15) is 18.6 Å². The van der Waals surface area contributed by atoms with Crippen LogP contribution in [0.15, 0.2) is 39.6 Å². The molecule has 0 atom stereocenters. The number of carbonyl (C=O) groups excluding carboxylic acids is 1. The van der Waals surface area contributed by atoms with Crippen molar-refractivity contribution in [3.63, 3.8) is 0 Å². The number of morpholine rings is 1. The van der Waals surface area contributed by atoms with E-state index >= 15 is 0 Å². The average molecular weight is 446 g/mol. The summed E-state index contributed by atoms with van der Waals surface area (Å²) in [7, 11) is 0. The zero-order chi connectivity index (χ0) is 21.8. The molecule has 2 fully saturated rings. The molecule has 0 radical (unpaired) electrons. The lowest BCUT2D eigenvalue weighted by Gasteiger charge is -2.46. The molecular weight excluding hydrogens is 425 g/mol. The van der Waals surface area contributed by atoms with E-state index in [2.05, 4.69) is 4.90 Å². The highest BCUT2D eigenvalue weighted by Gasteiger charge is 2.42. The van der Waals surface area contributed by atoms with Crippen LogP contribution in [0.4, 0.5) is 18.9 Å². The molecule has 0 aromatic carbocycles. The topological polar surface area (TPSA) is 83.2 Å². The van der Waals surface area contributed by atoms with Gasteiger partial charge in [0.15, 0.2) is 0 Å². The quantitative estimate of drug-likeness (QED) is 0.779. The summed E-state index contributed by atoms with van der Waals surface area (Å²) in [6, 6.07) is 5.95. The van der Waals surface area contributed by atoms with Gasteiger partial charge < -0.3 is 19.2 Å². The first-order valence-corrected chi connectivity index (χ1v) is 10.1. The molecule has 2 aliphatic rings. The standard InChI is InChI=1S/C17H20N2O3S.C2HF3O2/c20-16-11-22-17(13-19(16)14-3-9-23-12-14)4-6-18(7-5-17)10-15-2-1-8-21-15;3-2(4,5)1(6)7/h1-3,8-9,12H,4-7,10-11,13H2;(H,6,7). The number of carbonyl (C=O) groups is 2. The molecule has 0 saturated carbocycles.